The van der Waals surface area contributed by atoms with E-state index in [1.807, 2.05) is 62.3 Å². The number of methoxy groups -OCH3 is 8. The first-order valence-corrected chi connectivity index (χ1v) is 32.0. The number of carboxylic acids is 2. The first-order valence-electron chi connectivity index (χ1n) is 31.6. The molecule has 0 spiro atoms. The zero-order chi connectivity index (χ0) is 76.0. The number of hydrogen-bond donors (Lipinski definition) is 4. The molecule has 32 heteroatoms. The van der Waals surface area contributed by atoms with Crippen molar-refractivity contribution in [2.24, 2.45) is 41.4 Å². The molecule has 3 rings (SSSR count). The molecule has 3 aliphatic rings. The van der Waals surface area contributed by atoms with Crippen molar-refractivity contribution in [3.8, 4) is 0 Å². The van der Waals surface area contributed by atoms with Crippen molar-refractivity contribution in [2.45, 2.75) is 242 Å². The fraction of sp³-hybridized carbons (Fsp3) is 0.853. The summed E-state index contributed by atoms with van der Waals surface area (Å²) in [5, 5.41) is 35.0. The number of ether oxygens (including phenoxy) is 14. The van der Waals surface area contributed by atoms with Gasteiger partial charge >= 0.3 is 106 Å². The maximum Gasteiger partial charge on any atom is 2.00 e. The van der Waals surface area contributed by atoms with Crippen LogP contribution in [0.2, 0.25) is 0 Å². The molecule has 3 radical (unpaired) electrons. The van der Waals surface area contributed by atoms with Crippen LogP contribution in [0.1, 0.15) is 204 Å². The van der Waals surface area contributed by atoms with Crippen LogP contribution >= 0.6 is 11.6 Å². The molecule has 7 atom stereocenters. The van der Waals surface area contributed by atoms with Crippen molar-refractivity contribution in [3.63, 3.8) is 0 Å². The van der Waals surface area contributed by atoms with Crippen LogP contribution in [0.3, 0.4) is 0 Å². The van der Waals surface area contributed by atoms with Crippen LogP contribution < -0.4 is 42.0 Å². The second-order valence-corrected chi connectivity index (χ2v) is 27.5. The third-order valence-corrected chi connectivity index (χ3v) is 14.1. The van der Waals surface area contributed by atoms with E-state index >= 15 is 0 Å². The fourth-order valence-electron chi connectivity index (χ4n) is 8.44. The SMILES string of the molecule is CC(C)(O)C[C@H]1COC(C)(C)C1.CCOC(=O)Cl.CCOC(=O)OC(=O)[C@@H](C)CC(=O)OC.COC(=O)C[C@H](C)C(=O)O.COC(=O)C[C@H](C)C(=O)O.COC(=O)C[C@H]1COC(C)(C)C1.COC(C)(C)C[C@H](C)CO.COC(C)(C)C[C@H]1COC(C)(C)C1.COC(C)(C)OC.[B].[CH3-].[Cl-].[H-].[Mg+2].[Na+]. The zero-order valence-corrected chi connectivity index (χ0v) is 71.5. The maximum absolute atomic E-state index is 11.1. The Balaban J connectivity index is -0.0000000884. The number of aliphatic hydroxyl groups excluding tert-OH is 1. The van der Waals surface area contributed by atoms with Gasteiger partial charge in [0, 0.05) is 55.1 Å². The van der Waals surface area contributed by atoms with E-state index in [-0.39, 0.29) is 149 Å². The van der Waals surface area contributed by atoms with E-state index < -0.39 is 76.5 Å². The van der Waals surface area contributed by atoms with Gasteiger partial charge in [0.25, 0.3) is 0 Å². The number of carbonyl (C=O) groups is 9. The summed E-state index contributed by atoms with van der Waals surface area (Å²) in [7, 11) is 11.8. The number of rotatable bonds is 24. The van der Waals surface area contributed by atoms with Crippen LogP contribution in [0, 0.1) is 48.9 Å². The monoisotopic (exact) mass is 1510 g/mol. The Labute approximate surface area is 652 Å². The van der Waals surface area contributed by atoms with Gasteiger partial charge in [0.2, 0.25) is 0 Å². The summed E-state index contributed by atoms with van der Waals surface area (Å²) in [6.45, 7) is 41.1. The number of halogens is 2. The van der Waals surface area contributed by atoms with Crippen LogP contribution in [-0.2, 0) is 99.9 Å². The largest absolute Gasteiger partial charge is 2.00 e. The standard InChI is InChI=1S/C11H22O2.C10H20O2.C9H14O6.C9H16O3.C8H18O2.2C6H10O4.C5H12O2.C3H5ClO2.CH3.B.ClH.Mg.Na.H/c1-10(2,12-5)6-9-7-11(3,4)13-8-9;1-9(2,11)5-8-6-10(3,4)12-7-8;1-4-14-9(12)15-8(11)6(2)5-7(10)13-3;1-9(2)5-7(6-12-9)4-8(10)11-3;1-7(6-9)5-8(2,3)10-4;2*1-4(6(8)9)3-5(7)10-2;1-5(2,6-3)7-4;1-2-6-3(4)5;;;;;;/h9H,6-8H2,1-5H3;8,11H,5-7H2,1-4H3;6H,4-5H2,1-3H3;7H,4-6H2,1-3H3;7,9H,5-6H2,1-4H3;2*4H,3H2,1-2H3,(H,8,9);1-4H3;2H2,1H3;1H3;;1H;;;/q;;;;;;;;;-1;;;+2;+1;-1/p-1/t9-;8-;6-;2*7-;2*4-;;;;;;;;/m1101000......../s1. The first kappa shape index (κ1) is 121. The molecule has 0 aromatic rings. The van der Waals surface area contributed by atoms with E-state index in [0.29, 0.717) is 43.3 Å². The van der Waals surface area contributed by atoms with E-state index in [9.17, 15) is 48.3 Å². The summed E-state index contributed by atoms with van der Waals surface area (Å²) >= 11 is 4.72. The van der Waals surface area contributed by atoms with Gasteiger partial charge in [-0.05, 0) is 173 Å². The Morgan fingerprint density at radius 2 is 0.860 bits per heavy atom. The molecule has 0 saturated carbocycles. The topological polar surface area (TPSA) is 364 Å². The van der Waals surface area contributed by atoms with Gasteiger partial charge in [-0.3, -0.25) is 33.6 Å². The van der Waals surface area contributed by atoms with Crippen LogP contribution in [0.4, 0.5) is 9.59 Å². The minimum atomic E-state index is -1.06. The van der Waals surface area contributed by atoms with Crippen molar-refractivity contribution in [1.29, 1.82) is 0 Å². The normalized spacial score (nSPS) is 17.4. The Morgan fingerprint density at radius 3 is 1.09 bits per heavy atom. The second kappa shape index (κ2) is 63.5. The molecule has 0 unspecified atom stereocenters. The van der Waals surface area contributed by atoms with Crippen LogP contribution in [0.15, 0.2) is 0 Å². The molecule has 4 N–H and O–H groups in total. The predicted molar refractivity (Wildman–Crippen MR) is 375 cm³/mol. The molecule has 0 aromatic heterocycles. The van der Waals surface area contributed by atoms with Crippen LogP contribution in [-0.4, -0.2) is 241 Å². The summed E-state index contributed by atoms with van der Waals surface area (Å²) in [6.07, 6.45) is 5.17. The molecule has 100 heavy (non-hydrogen) atoms. The second-order valence-electron chi connectivity index (χ2n) is 27.1. The molecule has 3 fully saturated rings. The van der Waals surface area contributed by atoms with Crippen molar-refractivity contribution < 1.29 is 173 Å². The van der Waals surface area contributed by atoms with Crippen molar-refractivity contribution in [1.82, 2.24) is 0 Å². The number of hydrogen-bond acceptors (Lipinski definition) is 25. The Morgan fingerprint density at radius 1 is 0.540 bits per heavy atom. The third kappa shape index (κ3) is 76.4. The van der Waals surface area contributed by atoms with Gasteiger partial charge < -0.3 is 108 Å². The third-order valence-electron chi connectivity index (χ3n) is 14.0. The number of aliphatic carboxylic acids is 2. The number of aliphatic hydroxyl groups is 2. The van der Waals surface area contributed by atoms with Crippen molar-refractivity contribution >= 4 is 96.4 Å². The molecule has 3 aliphatic heterocycles. The molecule has 0 aromatic carbocycles. The minimum absolute atomic E-state index is 0. The summed E-state index contributed by atoms with van der Waals surface area (Å²) in [5.74, 6) is -5.04. The molecular formula is C68H131BCl2MgNaO27. The van der Waals surface area contributed by atoms with Gasteiger partial charge in [0.1, 0.15) is 0 Å². The molecule has 27 nitrogen and oxygen atoms in total. The number of carbonyl (C=O) groups excluding carboxylic acids is 7. The Kier molecular flexibility index (Phi) is 77.0. The average Bonchev–Trinajstić information content (AvgIpc) is 1.74. The zero-order valence-electron chi connectivity index (χ0n) is 67.6. The molecular weight excluding hydrogens is 1380 g/mol. The van der Waals surface area contributed by atoms with Gasteiger partial charge in [0.05, 0.1) is 139 Å². The summed E-state index contributed by atoms with van der Waals surface area (Å²) < 4.78 is 67.4. The average molecular weight is 1510 g/mol. The van der Waals surface area contributed by atoms with Crippen molar-refractivity contribution in [2.75, 3.05) is 96.5 Å². The smallest absolute Gasteiger partial charge is 1.00 e. The maximum atomic E-state index is 11.1. The summed E-state index contributed by atoms with van der Waals surface area (Å²) in [4.78, 5) is 94.3. The van der Waals surface area contributed by atoms with Gasteiger partial charge in [-0.25, -0.2) is 9.59 Å². The van der Waals surface area contributed by atoms with E-state index in [2.05, 4.69) is 74.7 Å². The molecule has 0 amide bonds. The molecule has 3 heterocycles. The number of carboxylic acid groups (broad SMARTS) is 2. The Bertz CT molecular complexity index is 2140. The van der Waals surface area contributed by atoms with Gasteiger partial charge in [0.15, 0.2) is 5.79 Å². The van der Waals surface area contributed by atoms with Gasteiger partial charge in [-0.15, -0.1) is 0 Å². The van der Waals surface area contributed by atoms with E-state index in [1.54, 1.807) is 42.3 Å². The van der Waals surface area contributed by atoms with E-state index in [0.717, 1.165) is 51.7 Å². The Hall–Kier alpha value is -2.72. The number of esters is 5. The molecule has 3 saturated heterocycles. The van der Waals surface area contributed by atoms with E-state index in [4.69, 9.17) is 60.1 Å². The van der Waals surface area contributed by atoms with E-state index in [1.165, 1.54) is 49.2 Å². The molecule has 0 aliphatic carbocycles. The van der Waals surface area contributed by atoms with Crippen molar-refractivity contribution in [3.05, 3.63) is 7.43 Å². The van der Waals surface area contributed by atoms with Gasteiger partial charge in [-0.2, -0.15) is 0 Å². The fourth-order valence-corrected chi connectivity index (χ4v) is 8.55. The minimum Gasteiger partial charge on any atom is -1.00 e. The summed E-state index contributed by atoms with van der Waals surface area (Å²) in [6, 6.07) is 0. The summed E-state index contributed by atoms with van der Waals surface area (Å²) in [5.41, 5.74) is -1.34. The van der Waals surface area contributed by atoms with Crippen LogP contribution in [0.25, 0.3) is 0 Å². The first-order chi connectivity index (χ1) is 43.2. The van der Waals surface area contributed by atoms with Crippen LogP contribution in [0.5, 0.6) is 0 Å². The van der Waals surface area contributed by atoms with Gasteiger partial charge in [-0.1, -0.05) is 27.7 Å². The quantitative estimate of drug-likeness (QED) is 0.0188. The molecule has 585 valence electrons. The predicted octanol–water partition coefficient (Wildman–Crippen LogP) is 5.01. The molecule has 0 bridgehead atoms.